The normalized spacial score (nSPS) is 17.0. The molecule has 0 spiro atoms. The van der Waals surface area contributed by atoms with Crippen molar-refractivity contribution in [1.29, 1.82) is 0 Å². The van der Waals surface area contributed by atoms with Gasteiger partial charge in [-0.25, -0.2) is 4.98 Å². The lowest BCUT2D eigenvalue weighted by Gasteiger charge is -2.35. The first-order valence-corrected chi connectivity index (χ1v) is 7.96. The van der Waals surface area contributed by atoms with Crippen LogP contribution >= 0.6 is 23.7 Å². The average Bonchev–Trinajstić information content (AvgIpc) is 2.96. The second kappa shape index (κ2) is 7.37. The monoisotopic (exact) mass is 341 g/mol. The van der Waals surface area contributed by atoms with Gasteiger partial charge in [0.05, 0.1) is 27.7 Å². The highest BCUT2D eigenvalue weighted by atomic mass is 35.5. The molecule has 0 saturated carbocycles. The van der Waals surface area contributed by atoms with E-state index in [1.807, 2.05) is 23.7 Å². The van der Waals surface area contributed by atoms with Gasteiger partial charge in [-0.3, -0.25) is 4.79 Å². The number of nitrogens with zero attached hydrogens (tertiary/aromatic N) is 1. The number of hydrogen-bond acceptors (Lipinski definition) is 5. The fourth-order valence-corrected chi connectivity index (χ4v) is 3.48. The largest absolute Gasteiger partial charge is 0.384 e. The minimum atomic E-state index is -0.434. The zero-order valence-corrected chi connectivity index (χ0v) is 14.1. The number of methoxy groups -OCH3 is 1. The molecular weight excluding hydrogens is 322 g/mol. The number of aromatic nitrogens is 1. The van der Waals surface area contributed by atoms with Crippen molar-refractivity contribution in [1.82, 2.24) is 10.3 Å². The zero-order valence-electron chi connectivity index (χ0n) is 12.4. The molecule has 1 amide bonds. The van der Waals surface area contributed by atoms with E-state index in [1.165, 1.54) is 0 Å². The van der Waals surface area contributed by atoms with Gasteiger partial charge in [0.15, 0.2) is 0 Å². The number of fused-ring (bicyclic) bond motifs is 1. The second-order valence-electron chi connectivity index (χ2n) is 5.45. The summed E-state index contributed by atoms with van der Waals surface area (Å²) in [6, 6.07) is 5.85. The van der Waals surface area contributed by atoms with E-state index in [2.05, 4.69) is 15.6 Å². The number of benzene rings is 1. The van der Waals surface area contributed by atoms with Crippen molar-refractivity contribution in [3.63, 3.8) is 0 Å². The fourth-order valence-electron chi connectivity index (χ4n) is 2.82. The Balaban J connectivity index is 0.00000176. The molecule has 2 N–H and O–H groups in total. The van der Waals surface area contributed by atoms with Crippen LogP contribution < -0.4 is 10.6 Å². The van der Waals surface area contributed by atoms with E-state index in [4.69, 9.17) is 4.74 Å². The molecule has 1 aromatic heterocycles. The lowest BCUT2D eigenvalue weighted by Crippen LogP contribution is -2.47. The van der Waals surface area contributed by atoms with E-state index < -0.39 is 5.41 Å². The van der Waals surface area contributed by atoms with Crippen LogP contribution in [0, 0.1) is 5.41 Å². The molecule has 0 unspecified atom stereocenters. The maximum Gasteiger partial charge on any atom is 0.233 e. The molecule has 0 radical (unpaired) electrons. The summed E-state index contributed by atoms with van der Waals surface area (Å²) in [6.07, 6.45) is 1.59. The number of carbonyl (C=O) groups is 1. The van der Waals surface area contributed by atoms with Crippen molar-refractivity contribution < 1.29 is 9.53 Å². The minimum absolute atomic E-state index is 0. The third-order valence-corrected chi connectivity index (χ3v) is 4.86. The Morgan fingerprint density at radius 2 is 2.23 bits per heavy atom. The van der Waals surface area contributed by atoms with Crippen LogP contribution in [0.4, 0.5) is 5.69 Å². The summed E-state index contributed by atoms with van der Waals surface area (Å²) in [7, 11) is 1.65. The molecule has 0 bridgehead atoms. The number of halogens is 1. The van der Waals surface area contributed by atoms with Crippen LogP contribution in [0.25, 0.3) is 10.2 Å². The Hall–Kier alpha value is -1.21. The van der Waals surface area contributed by atoms with E-state index >= 15 is 0 Å². The lowest BCUT2D eigenvalue weighted by molar-refractivity contribution is -0.130. The first kappa shape index (κ1) is 17.1. The van der Waals surface area contributed by atoms with Crippen molar-refractivity contribution in [2.45, 2.75) is 12.8 Å². The first-order chi connectivity index (χ1) is 10.2. The molecule has 0 aliphatic carbocycles. The SMILES string of the molecule is COCC1(C(=O)Nc2ccc3scnc3c2)CCNCC1.Cl. The summed E-state index contributed by atoms with van der Waals surface area (Å²) in [5, 5.41) is 6.33. The summed E-state index contributed by atoms with van der Waals surface area (Å²) in [5.41, 5.74) is 3.10. The number of ether oxygens (including phenoxy) is 1. The molecule has 1 saturated heterocycles. The molecule has 1 aliphatic heterocycles. The average molecular weight is 342 g/mol. The summed E-state index contributed by atoms with van der Waals surface area (Å²) in [6.45, 7) is 2.16. The Morgan fingerprint density at radius 1 is 1.45 bits per heavy atom. The number of piperidine rings is 1. The smallest absolute Gasteiger partial charge is 0.233 e. The maximum atomic E-state index is 12.7. The highest BCUT2D eigenvalue weighted by molar-refractivity contribution is 7.16. The first-order valence-electron chi connectivity index (χ1n) is 7.08. The fraction of sp³-hybridized carbons (Fsp3) is 0.467. The molecule has 1 fully saturated rings. The van der Waals surface area contributed by atoms with Crippen molar-refractivity contribution >= 4 is 45.6 Å². The van der Waals surface area contributed by atoms with E-state index in [0.29, 0.717) is 6.61 Å². The topological polar surface area (TPSA) is 63.2 Å². The van der Waals surface area contributed by atoms with E-state index in [0.717, 1.165) is 41.8 Å². The van der Waals surface area contributed by atoms with Crippen LogP contribution in [-0.4, -0.2) is 37.7 Å². The summed E-state index contributed by atoms with van der Waals surface area (Å²) < 4.78 is 6.43. The van der Waals surface area contributed by atoms with Crippen LogP contribution in [0.15, 0.2) is 23.7 Å². The number of carbonyl (C=O) groups excluding carboxylic acids is 1. The molecule has 2 heterocycles. The molecule has 1 aromatic carbocycles. The summed E-state index contributed by atoms with van der Waals surface area (Å²) >= 11 is 1.60. The lowest BCUT2D eigenvalue weighted by atomic mass is 9.78. The molecule has 0 atom stereocenters. The molecule has 120 valence electrons. The van der Waals surface area contributed by atoms with Gasteiger partial charge in [0.25, 0.3) is 0 Å². The van der Waals surface area contributed by atoms with Crippen LogP contribution in [-0.2, 0) is 9.53 Å². The maximum absolute atomic E-state index is 12.7. The van der Waals surface area contributed by atoms with E-state index in [1.54, 1.807) is 18.4 Å². The van der Waals surface area contributed by atoms with Crippen molar-refractivity contribution in [2.75, 3.05) is 32.1 Å². The summed E-state index contributed by atoms with van der Waals surface area (Å²) in [5.74, 6) is 0.0421. The number of hydrogen-bond donors (Lipinski definition) is 2. The van der Waals surface area contributed by atoms with Crippen LogP contribution in [0.5, 0.6) is 0 Å². The molecule has 22 heavy (non-hydrogen) atoms. The number of amides is 1. The highest BCUT2D eigenvalue weighted by Gasteiger charge is 2.39. The molecule has 3 rings (SSSR count). The van der Waals surface area contributed by atoms with Gasteiger partial charge in [0.1, 0.15) is 0 Å². The van der Waals surface area contributed by atoms with Gasteiger partial charge in [-0.1, -0.05) is 0 Å². The highest BCUT2D eigenvalue weighted by Crippen LogP contribution is 2.31. The van der Waals surface area contributed by atoms with Gasteiger partial charge in [-0.05, 0) is 44.1 Å². The minimum Gasteiger partial charge on any atom is -0.384 e. The Morgan fingerprint density at radius 3 is 2.95 bits per heavy atom. The predicted molar refractivity (Wildman–Crippen MR) is 91.9 cm³/mol. The second-order valence-corrected chi connectivity index (χ2v) is 6.34. The third kappa shape index (κ3) is 3.41. The Labute approximate surface area is 139 Å². The third-order valence-electron chi connectivity index (χ3n) is 4.05. The van der Waals surface area contributed by atoms with Gasteiger partial charge < -0.3 is 15.4 Å². The standard InChI is InChI=1S/C15H19N3O2S.ClH/c1-20-9-15(4-6-16-7-5-15)14(19)18-11-2-3-13-12(8-11)17-10-21-13;/h2-3,8,10,16H,4-7,9H2,1H3,(H,18,19);1H. The number of thiazole rings is 1. The quantitative estimate of drug-likeness (QED) is 0.897. The molecule has 1 aliphatic rings. The number of anilines is 1. The predicted octanol–water partition coefficient (Wildman–Crippen LogP) is 2.67. The summed E-state index contributed by atoms with van der Waals surface area (Å²) in [4.78, 5) is 17.0. The molecule has 7 heteroatoms. The zero-order chi connectivity index (χ0) is 14.7. The number of rotatable bonds is 4. The van der Waals surface area contributed by atoms with Crippen LogP contribution in [0.3, 0.4) is 0 Å². The molecule has 5 nitrogen and oxygen atoms in total. The van der Waals surface area contributed by atoms with Gasteiger partial charge >= 0.3 is 0 Å². The molecule has 2 aromatic rings. The molecular formula is C15H20ClN3O2S. The van der Waals surface area contributed by atoms with Gasteiger partial charge in [0, 0.05) is 12.8 Å². The van der Waals surface area contributed by atoms with Gasteiger partial charge in [0.2, 0.25) is 5.91 Å². The van der Waals surface area contributed by atoms with Crippen LogP contribution in [0.2, 0.25) is 0 Å². The Kier molecular flexibility index (Phi) is 5.74. The van der Waals surface area contributed by atoms with Crippen LogP contribution in [0.1, 0.15) is 12.8 Å². The van der Waals surface area contributed by atoms with Gasteiger partial charge in [-0.2, -0.15) is 0 Å². The van der Waals surface area contributed by atoms with Crippen molar-refractivity contribution in [2.24, 2.45) is 5.41 Å². The Bertz CT molecular complexity index is 635. The van der Waals surface area contributed by atoms with Crippen molar-refractivity contribution in [3.8, 4) is 0 Å². The number of nitrogens with one attached hydrogen (secondary N) is 2. The van der Waals surface area contributed by atoms with E-state index in [9.17, 15) is 4.79 Å². The van der Waals surface area contributed by atoms with E-state index in [-0.39, 0.29) is 18.3 Å². The van der Waals surface area contributed by atoms with Gasteiger partial charge in [-0.15, -0.1) is 23.7 Å². The van der Waals surface area contributed by atoms with Crippen molar-refractivity contribution in [3.05, 3.63) is 23.7 Å².